The summed E-state index contributed by atoms with van der Waals surface area (Å²) >= 11 is 4.34. The van der Waals surface area contributed by atoms with E-state index in [9.17, 15) is 9.59 Å². The van der Waals surface area contributed by atoms with Crippen LogP contribution in [-0.2, 0) is 17.9 Å². The molecule has 0 aliphatic rings. The first-order valence-corrected chi connectivity index (χ1v) is 10.2. The highest BCUT2D eigenvalue weighted by molar-refractivity contribution is 7.99. The van der Waals surface area contributed by atoms with Crippen LogP contribution in [0.15, 0.2) is 32.8 Å². The first-order chi connectivity index (χ1) is 11.6. The minimum Gasteiger partial charge on any atom is -0.350 e. The average molecular weight is 380 g/mol. The molecule has 0 unspecified atom stereocenters. The van der Waals surface area contributed by atoms with Crippen molar-refractivity contribution in [1.82, 2.24) is 14.9 Å². The molecule has 0 spiro atoms. The first-order valence-electron chi connectivity index (χ1n) is 7.50. The number of fused-ring (bicyclic) bond motifs is 1. The highest BCUT2D eigenvalue weighted by Gasteiger charge is 2.13. The number of amides is 1. The molecule has 0 atom stereocenters. The molecule has 3 rings (SSSR count). The summed E-state index contributed by atoms with van der Waals surface area (Å²) in [7, 11) is 0. The number of carbonyl (C=O) groups is 1. The van der Waals surface area contributed by atoms with Gasteiger partial charge in [-0.2, -0.15) is 0 Å². The van der Waals surface area contributed by atoms with Crippen LogP contribution >= 0.6 is 34.4 Å². The van der Waals surface area contributed by atoms with Gasteiger partial charge in [0, 0.05) is 11.4 Å². The summed E-state index contributed by atoms with van der Waals surface area (Å²) in [5.74, 6) is 0.182. The van der Waals surface area contributed by atoms with Crippen molar-refractivity contribution in [3.63, 3.8) is 0 Å². The van der Waals surface area contributed by atoms with Crippen molar-refractivity contribution < 1.29 is 4.79 Å². The third-order valence-corrected chi connectivity index (χ3v) is 6.48. The van der Waals surface area contributed by atoms with E-state index < -0.39 is 0 Å². The lowest BCUT2D eigenvalue weighted by atomic mass is 10.3. The zero-order valence-electron chi connectivity index (χ0n) is 13.4. The number of thioether (sulfide) groups is 1. The topological polar surface area (TPSA) is 64.0 Å². The number of carbonyl (C=O) groups excluding carboxylic acids is 1. The van der Waals surface area contributed by atoms with Crippen molar-refractivity contribution in [2.45, 2.75) is 32.1 Å². The standard InChI is InChI=1S/C16H17N3O2S3/c1-3-19-15(21)14-11(5-7-23-14)18-16(19)24-9-13(20)17-8-12-10(2)4-6-22-12/h4-7H,3,8-9H2,1-2H3,(H,17,20). The van der Waals surface area contributed by atoms with Crippen molar-refractivity contribution in [1.29, 1.82) is 0 Å². The molecule has 8 heteroatoms. The van der Waals surface area contributed by atoms with E-state index in [0.717, 1.165) is 4.88 Å². The Balaban J connectivity index is 1.67. The monoisotopic (exact) mass is 379 g/mol. The predicted molar refractivity (Wildman–Crippen MR) is 101 cm³/mol. The number of nitrogens with zero attached hydrogens (tertiary/aromatic N) is 2. The molecular formula is C16H17N3O2S3. The normalized spacial score (nSPS) is 11.1. The Hall–Kier alpha value is -1.64. The van der Waals surface area contributed by atoms with Gasteiger partial charge in [0.25, 0.3) is 5.56 Å². The lowest BCUT2D eigenvalue weighted by molar-refractivity contribution is -0.118. The summed E-state index contributed by atoms with van der Waals surface area (Å²) in [6.45, 7) is 5.03. The molecule has 24 heavy (non-hydrogen) atoms. The molecule has 1 N–H and O–H groups in total. The minimum atomic E-state index is -0.0601. The molecule has 0 fully saturated rings. The Morgan fingerprint density at radius 3 is 2.83 bits per heavy atom. The van der Waals surface area contributed by atoms with E-state index in [1.807, 2.05) is 36.7 Å². The van der Waals surface area contributed by atoms with Crippen LogP contribution in [0.3, 0.4) is 0 Å². The van der Waals surface area contributed by atoms with Crippen LogP contribution in [0, 0.1) is 6.92 Å². The Bertz CT molecular complexity index is 926. The second-order valence-corrected chi connectivity index (χ2v) is 8.03. The van der Waals surface area contributed by atoms with Gasteiger partial charge in [0.15, 0.2) is 5.16 Å². The third kappa shape index (κ3) is 3.55. The van der Waals surface area contributed by atoms with Crippen molar-refractivity contribution >= 4 is 50.6 Å². The second kappa shape index (κ2) is 7.50. The maximum Gasteiger partial charge on any atom is 0.272 e. The highest BCUT2D eigenvalue weighted by atomic mass is 32.2. The SMILES string of the molecule is CCn1c(SCC(=O)NCc2sccc2C)nc2ccsc2c1=O. The Labute approximate surface area is 151 Å². The van der Waals surface area contributed by atoms with Crippen LogP contribution in [-0.4, -0.2) is 21.2 Å². The summed E-state index contributed by atoms with van der Waals surface area (Å²) in [4.78, 5) is 30.2. The molecule has 0 saturated carbocycles. The maximum atomic E-state index is 12.4. The number of thiophene rings is 2. The molecule has 3 aromatic heterocycles. The predicted octanol–water partition coefficient (Wildman–Crippen LogP) is 3.26. The van der Waals surface area contributed by atoms with Gasteiger partial charge in [-0.3, -0.25) is 14.2 Å². The third-order valence-electron chi connectivity index (χ3n) is 3.59. The number of aromatic nitrogens is 2. The quantitative estimate of drug-likeness (QED) is 0.527. The maximum absolute atomic E-state index is 12.4. The molecule has 5 nitrogen and oxygen atoms in total. The largest absolute Gasteiger partial charge is 0.350 e. The molecule has 0 bridgehead atoms. The van der Waals surface area contributed by atoms with Gasteiger partial charge in [-0.05, 0) is 42.3 Å². The van der Waals surface area contributed by atoms with Crippen LogP contribution in [0.5, 0.6) is 0 Å². The molecular weight excluding hydrogens is 362 g/mol. The first kappa shape index (κ1) is 17.2. The van der Waals surface area contributed by atoms with Crippen molar-refractivity contribution in [2.24, 2.45) is 0 Å². The van der Waals surface area contributed by atoms with Gasteiger partial charge >= 0.3 is 0 Å². The Kier molecular flexibility index (Phi) is 5.37. The fraction of sp³-hybridized carbons (Fsp3) is 0.312. The smallest absolute Gasteiger partial charge is 0.272 e. The summed E-state index contributed by atoms with van der Waals surface area (Å²) < 4.78 is 2.29. The molecule has 3 heterocycles. The lowest BCUT2D eigenvalue weighted by Crippen LogP contribution is -2.26. The Morgan fingerprint density at radius 1 is 1.33 bits per heavy atom. The molecule has 1 amide bonds. The van der Waals surface area contributed by atoms with Crippen LogP contribution in [0.2, 0.25) is 0 Å². The lowest BCUT2D eigenvalue weighted by Gasteiger charge is -2.10. The number of hydrogen-bond acceptors (Lipinski definition) is 6. The molecule has 0 aromatic carbocycles. The average Bonchev–Trinajstić information content (AvgIpc) is 3.20. The number of rotatable bonds is 6. The summed E-state index contributed by atoms with van der Waals surface area (Å²) in [6.07, 6.45) is 0. The zero-order valence-corrected chi connectivity index (χ0v) is 15.8. The molecule has 126 valence electrons. The minimum absolute atomic E-state index is 0.0328. The molecule has 0 saturated heterocycles. The fourth-order valence-electron chi connectivity index (χ4n) is 2.26. The van der Waals surface area contributed by atoms with Gasteiger partial charge in [-0.15, -0.1) is 22.7 Å². The van der Waals surface area contributed by atoms with Crippen LogP contribution in [0.4, 0.5) is 0 Å². The van der Waals surface area contributed by atoms with E-state index in [1.165, 1.54) is 28.7 Å². The van der Waals surface area contributed by atoms with E-state index in [-0.39, 0.29) is 17.2 Å². The van der Waals surface area contributed by atoms with E-state index in [4.69, 9.17) is 0 Å². The second-order valence-electron chi connectivity index (χ2n) is 5.17. The molecule has 0 radical (unpaired) electrons. The van der Waals surface area contributed by atoms with Crippen LogP contribution in [0.25, 0.3) is 10.2 Å². The molecule has 3 aromatic rings. The van der Waals surface area contributed by atoms with Gasteiger partial charge in [-0.1, -0.05) is 11.8 Å². The summed E-state index contributed by atoms with van der Waals surface area (Å²) in [5, 5.41) is 7.40. The van der Waals surface area contributed by atoms with Gasteiger partial charge in [-0.25, -0.2) is 4.98 Å². The summed E-state index contributed by atoms with van der Waals surface area (Å²) in [6, 6.07) is 3.88. The number of aryl methyl sites for hydroxylation is 1. The zero-order chi connectivity index (χ0) is 17.1. The molecule has 0 aliphatic heterocycles. The van der Waals surface area contributed by atoms with Crippen LogP contribution in [0.1, 0.15) is 17.4 Å². The van der Waals surface area contributed by atoms with Crippen molar-refractivity contribution in [3.8, 4) is 0 Å². The summed E-state index contributed by atoms with van der Waals surface area (Å²) in [5.41, 5.74) is 1.86. The molecule has 0 aliphatic carbocycles. The van der Waals surface area contributed by atoms with E-state index >= 15 is 0 Å². The van der Waals surface area contributed by atoms with E-state index in [2.05, 4.69) is 10.3 Å². The number of nitrogens with one attached hydrogen (secondary N) is 1. The number of hydrogen-bond donors (Lipinski definition) is 1. The van der Waals surface area contributed by atoms with Gasteiger partial charge in [0.2, 0.25) is 5.91 Å². The van der Waals surface area contributed by atoms with Gasteiger partial charge in [0.05, 0.1) is 17.8 Å². The fourth-order valence-corrected chi connectivity index (χ4v) is 4.78. The van der Waals surface area contributed by atoms with Crippen molar-refractivity contribution in [2.75, 3.05) is 5.75 Å². The highest BCUT2D eigenvalue weighted by Crippen LogP contribution is 2.21. The van der Waals surface area contributed by atoms with Crippen molar-refractivity contribution in [3.05, 3.63) is 43.7 Å². The van der Waals surface area contributed by atoms with Gasteiger partial charge in [0.1, 0.15) is 4.70 Å². The Morgan fingerprint density at radius 2 is 2.12 bits per heavy atom. The van der Waals surface area contributed by atoms with E-state index in [0.29, 0.717) is 28.5 Å². The van der Waals surface area contributed by atoms with Gasteiger partial charge < -0.3 is 5.32 Å². The van der Waals surface area contributed by atoms with E-state index in [1.54, 1.807) is 15.9 Å². The van der Waals surface area contributed by atoms with Crippen LogP contribution < -0.4 is 10.9 Å².